The summed E-state index contributed by atoms with van der Waals surface area (Å²) >= 11 is 0. The lowest BCUT2D eigenvalue weighted by molar-refractivity contribution is -0.127. The number of nitrogens with one attached hydrogen (secondary N) is 1. The molecule has 2 amide bonds. The van der Waals surface area contributed by atoms with Crippen LogP contribution in [-0.4, -0.2) is 39.8 Å². The number of ether oxygens (including phenoxy) is 1. The number of aromatic nitrogens is 2. The van der Waals surface area contributed by atoms with Crippen LogP contribution in [0.3, 0.4) is 0 Å². The summed E-state index contributed by atoms with van der Waals surface area (Å²) in [4.78, 5) is 29.3. The SMILES string of the molecule is CCOc1ccc(N2C(=O)c3cc(C(C)C)nn3C[C@]2(C)C(=O)NC2CCCCCCC2)cc1. The van der Waals surface area contributed by atoms with Gasteiger partial charge in [-0.3, -0.25) is 19.2 Å². The Morgan fingerprint density at radius 2 is 1.79 bits per heavy atom. The van der Waals surface area contributed by atoms with Crippen molar-refractivity contribution >= 4 is 17.5 Å². The summed E-state index contributed by atoms with van der Waals surface area (Å²) in [6.45, 7) is 8.80. The zero-order valence-corrected chi connectivity index (χ0v) is 21.0. The maximum atomic E-state index is 13.9. The first-order valence-corrected chi connectivity index (χ1v) is 12.8. The molecule has 1 fully saturated rings. The van der Waals surface area contributed by atoms with Crippen molar-refractivity contribution in [3.8, 4) is 5.75 Å². The van der Waals surface area contributed by atoms with Crippen LogP contribution in [0.25, 0.3) is 0 Å². The second-order valence-electron chi connectivity index (χ2n) is 10.1. The molecule has 0 saturated heterocycles. The van der Waals surface area contributed by atoms with Gasteiger partial charge in [-0.25, -0.2) is 0 Å². The molecule has 34 heavy (non-hydrogen) atoms. The van der Waals surface area contributed by atoms with E-state index in [4.69, 9.17) is 4.74 Å². The average molecular weight is 467 g/mol. The molecular formula is C27H38N4O3. The van der Waals surface area contributed by atoms with E-state index < -0.39 is 5.54 Å². The van der Waals surface area contributed by atoms with Crippen LogP contribution in [-0.2, 0) is 11.3 Å². The Morgan fingerprint density at radius 3 is 2.41 bits per heavy atom. The van der Waals surface area contributed by atoms with Gasteiger partial charge >= 0.3 is 0 Å². The Balaban J connectivity index is 1.69. The molecule has 2 heterocycles. The number of hydrogen-bond acceptors (Lipinski definition) is 4. The standard InChI is InChI=1S/C27H38N4O3/c1-5-34-22-15-13-21(14-16-22)31-25(32)24-17-23(19(2)3)29-30(24)18-27(31,4)26(33)28-20-11-9-7-6-8-10-12-20/h13-17,19-20H,5-12,18H2,1-4H3,(H,28,33)/t27-/m1/s1. The summed E-state index contributed by atoms with van der Waals surface area (Å²) in [5.41, 5.74) is 0.968. The van der Waals surface area contributed by atoms with E-state index in [2.05, 4.69) is 24.3 Å². The van der Waals surface area contributed by atoms with Gasteiger partial charge in [0.2, 0.25) is 5.91 Å². The Bertz CT molecular complexity index is 1010. The molecular weight excluding hydrogens is 428 g/mol. The highest BCUT2D eigenvalue weighted by molar-refractivity contribution is 6.11. The summed E-state index contributed by atoms with van der Waals surface area (Å²) in [6, 6.07) is 9.43. The molecule has 7 nitrogen and oxygen atoms in total. The number of anilines is 1. The van der Waals surface area contributed by atoms with Crippen molar-refractivity contribution in [2.24, 2.45) is 0 Å². The van der Waals surface area contributed by atoms with Crippen LogP contribution in [0.4, 0.5) is 5.69 Å². The molecule has 1 aliphatic heterocycles. The average Bonchev–Trinajstić information content (AvgIpc) is 3.21. The summed E-state index contributed by atoms with van der Waals surface area (Å²) in [6.07, 6.45) is 7.95. The first-order valence-electron chi connectivity index (χ1n) is 12.8. The molecule has 1 aromatic heterocycles. The molecule has 1 atom stereocenters. The fourth-order valence-electron chi connectivity index (χ4n) is 5.09. The Morgan fingerprint density at radius 1 is 1.15 bits per heavy atom. The Labute approximate surface area is 202 Å². The van der Waals surface area contributed by atoms with Crippen molar-refractivity contribution in [3.63, 3.8) is 0 Å². The van der Waals surface area contributed by atoms with Crippen molar-refractivity contribution in [3.05, 3.63) is 41.7 Å². The number of nitrogens with zero attached hydrogens (tertiary/aromatic N) is 3. The first-order chi connectivity index (χ1) is 16.3. The third-order valence-corrected chi connectivity index (χ3v) is 7.10. The number of fused-ring (bicyclic) bond motifs is 1. The van der Waals surface area contributed by atoms with E-state index in [-0.39, 0.29) is 23.8 Å². The van der Waals surface area contributed by atoms with Crippen molar-refractivity contribution in [1.29, 1.82) is 0 Å². The highest BCUT2D eigenvalue weighted by atomic mass is 16.5. The van der Waals surface area contributed by atoms with Crippen molar-refractivity contribution in [1.82, 2.24) is 15.1 Å². The van der Waals surface area contributed by atoms with E-state index >= 15 is 0 Å². The summed E-state index contributed by atoms with van der Waals surface area (Å²) in [5, 5.41) is 8.00. The van der Waals surface area contributed by atoms with Gasteiger partial charge in [-0.05, 0) is 62.9 Å². The molecule has 0 bridgehead atoms. The Hall–Kier alpha value is -2.83. The van der Waals surface area contributed by atoms with Crippen LogP contribution in [0.1, 0.15) is 94.7 Å². The zero-order valence-electron chi connectivity index (χ0n) is 21.0. The minimum absolute atomic E-state index is 0.118. The molecule has 0 radical (unpaired) electrons. The third-order valence-electron chi connectivity index (χ3n) is 7.10. The largest absolute Gasteiger partial charge is 0.494 e. The number of amides is 2. The predicted molar refractivity (Wildman–Crippen MR) is 133 cm³/mol. The van der Waals surface area contributed by atoms with Crippen LogP contribution in [0.2, 0.25) is 0 Å². The number of carbonyl (C=O) groups excluding carboxylic acids is 2. The van der Waals surface area contributed by atoms with E-state index in [1.807, 2.05) is 44.2 Å². The predicted octanol–water partition coefficient (Wildman–Crippen LogP) is 5.05. The number of carbonyl (C=O) groups is 2. The lowest BCUT2D eigenvalue weighted by Gasteiger charge is -2.43. The number of rotatable bonds is 6. The van der Waals surface area contributed by atoms with Crippen LogP contribution in [0, 0.1) is 0 Å². The normalized spacial score (nSPS) is 21.7. The van der Waals surface area contributed by atoms with Gasteiger partial charge < -0.3 is 10.1 Å². The topological polar surface area (TPSA) is 76.5 Å². The molecule has 1 saturated carbocycles. The minimum Gasteiger partial charge on any atom is -0.494 e. The van der Waals surface area contributed by atoms with Crippen LogP contribution in [0.5, 0.6) is 5.75 Å². The van der Waals surface area contributed by atoms with Crippen molar-refractivity contribution < 1.29 is 14.3 Å². The molecule has 7 heteroatoms. The Kier molecular flexibility index (Phi) is 7.29. The fraction of sp³-hybridized carbons (Fsp3) is 0.593. The highest BCUT2D eigenvalue weighted by Crippen LogP contribution is 2.35. The summed E-state index contributed by atoms with van der Waals surface area (Å²) < 4.78 is 7.31. The lowest BCUT2D eigenvalue weighted by atomic mass is 9.91. The van der Waals surface area contributed by atoms with Gasteiger partial charge in [0.15, 0.2) is 0 Å². The van der Waals surface area contributed by atoms with Gasteiger partial charge in [-0.2, -0.15) is 5.10 Å². The second kappa shape index (κ2) is 10.2. The molecule has 0 spiro atoms. The van der Waals surface area contributed by atoms with Gasteiger partial charge in [-0.1, -0.05) is 46.0 Å². The monoisotopic (exact) mass is 466 g/mol. The molecule has 1 aliphatic carbocycles. The van der Waals surface area contributed by atoms with E-state index in [0.29, 0.717) is 24.5 Å². The lowest BCUT2D eigenvalue weighted by Crippen LogP contribution is -2.65. The molecule has 4 rings (SSSR count). The molecule has 2 aromatic rings. The van der Waals surface area contributed by atoms with Crippen LogP contribution < -0.4 is 15.0 Å². The highest BCUT2D eigenvalue weighted by Gasteiger charge is 2.49. The van der Waals surface area contributed by atoms with Gasteiger partial charge in [0.1, 0.15) is 17.0 Å². The number of benzene rings is 1. The third kappa shape index (κ3) is 4.84. The first kappa shape index (κ1) is 24.3. The fourth-order valence-corrected chi connectivity index (χ4v) is 5.09. The van der Waals surface area contributed by atoms with E-state index in [1.54, 1.807) is 9.58 Å². The molecule has 1 N–H and O–H groups in total. The quantitative estimate of drug-likeness (QED) is 0.646. The molecule has 0 unspecified atom stereocenters. The van der Waals surface area contributed by atoms with Crippen LogP contribution >= 0.6 is 0 Å². The summed E-state index contributed by atoms with van der Waals surface area (Å²) in [7, 11) is 0. The zero-order chi connectivity index (χ0) is 24.3. The van der Waals surface area contributed by atoms with Crippen LogP contribution in [0.15, 0.2) is 30.3 Å². The van der Waals surface area contributed by atoms with Gasteiger partial charge in [-0.15, -0.1) is 0 Å². The van der Waals surface area contributed by atoms with E-state index in [0.717, 1.165) is 37.1 Å². The molecule has 2 aliphatic rings. The van der Waals surface area contributed by atoms with Crippen molar-refractivity contribution in [2.75, 3.05) is 11.5 Å². The molecule has 184 valence electrons. The minimum atomic E-state index is -1.10. The molecule has 1 aromatic carbocycles. The maximum Gasteiger partial charge on any atom is 0.277 e. The van der Waals surface area contributed by atoms with Gasteiger partial charge in [0, 0.05) is 11.7 Å². The van der Waals surface area contributed by atoms with E-state index in [9.17, 15) is 9.59 Å². The van der Waals surface area contributed by atoms with Gasteiger partial charge in [0.25, 0.3) is 5.91 Å². The van der Waals surface area contributed by atoms with Crippen molar-refractivity contribution in [2.45, 2.75) is 96.7 Å². The second-order valence-corrected chi connectivity index (χ2v) is 10.1. The summed E-state index contributed by atoms with van der Waals surface area (Å²) in [5.74, 6) is 0.612. The van der Waals surface area contributed by atoms with E-state index in [1.165, 1.54) is 19.3 Å². The smallest absolute Gasteiger partial charge is 0.277 e. The van der Waals surface area contributed by atoms with Gasteiger partial charge in [0.05, 0.1) is 18.8 Å². The maximum absolute atomic E-state index is 13.9. The number of hydrogen-bond donors (Lipinski definition) is 1.